The lowest BCUT2D eigenvalue weighted by atomic mass is 9.79. The Morgan fingerprint density at radius 2 is 1.71 bits per heavy atom. The molecule has 0 saturated carbocycles. The highest BCUT2D eigenvalue weighted by atomic mass is 32.2. The molecule has 0 saturated heterocycles. The number of carbonyl (C=O) groups excluding carboxylic acids is 2. The van der Waals surface area contributed by atoms with Crippen LogP contribution < -0.4 is 0 Å². The normalized spacial score (nSPS) is 12.6. The fourth-order valence-corrected chi connectivity index (χ4v) is 2.31. The molecule has 0 amide bonds. The van der Waals surface area contributed by atoms with Crippen molar-refractivity contribution in [3.05, 3.63) is 29.8 Å². The summed E-state index contributed by atoms with van der Waals surface area (Å²) < 4.78 is 4.80. The maximum atomic E-state index is 12.5. The van der Waals surface area contributed by atoms with Gasteiger partial charge in [-0.3, -0.25) is 9.59 Å². The molecule has 0 aliphatic rings. The zero-order chi connectivity index (χ0) is 16.2. The van der Waals surface area contributed by atoms with Gasteiger partial charge in [0.25, 0.3) is 0 Å². The molecule has 0 spiro atoms. The Balaban J connectivity index is 3.09. The highest BCUT2D eigenvalue weighted by Gasteiger charge is 2.44. The van der Waals surface area contributed by atoms with Crippen LogP contribution in [0, 0.1) is 5.41 Å². The average molecular weight is 310 g/mol. The number of ether oxygens (including phenoxy) is 1. The Hall–Kier alpha value is -1.82. The number of benzene rings is 1. The van der Waals surface area contributed by atoms with Gasteiger partial charge in [-0.05, 0) is 32.2 Å². The Morgan fingerprint density at radius 3 is 2.10 bits per heavy atom. The zero-order valence-electron chi connectivity index (χ0n) is 12.4. The molecule has 1 aromatic carbocycles. The number of aliphatic carboxylic acids is 1. The van der Waals surface area contributed by atoms with E-state index in [-0.39, 0.29) is 5.78 Å². The zero-order valence-corrected chi connectivity index (χ0v) is 13.2. The molecule has 6 heteroatoms. The summed E-state index contributed by atoms with van der Waals surface area (Å²) in [5, 5.41) is 9.20. The number of ketones is 1. The molecule has 1 atom stereocenters. The van der Waals surface area contributed by atoms with Crippen molar-refractivity contribution in [3.8, 4) is 0 Å². The summed E-state index contributed by atoms with van der Waals surface area (Å²) in [7, 11) is 0. The molecule has 0 aliphatic carbocycles. The Kier molecular flexibility index (Phi) is 5.54. The molecule has 1 aromatic rings. The SMILES string of the molecule is CSc1ccc(C(=O)C(C)(C)C(OC(C)=O)C(=O)O)cc1. The average Bonchev–Trinajstić information content (AvgIpc) is 2.43. The number of rotatable bonds is 6. The van der Waals surface area contributed by atoms with E-state index >= 15 is 0 Å². The van der Waals surface area contributed by atoms with Crippen molar-refractivity contribution in [3.63, 3.8) is 0 Å². The number of Topliss-reactive ketones (excluding diaryl/α,β-unsaturated/α-hetero) is 1. The second-order valence-electron chi connectivity index (χ2n) is 5.11. The molecule has 0 radical (unpaired) electrons. The second kappa shape index (κ2) is 6.76. The van der Waals surface area contributed by atoms with E-state index in [0.29, 0.717) is 5.56 Å². The van der Waals surface area contributed by atoms with E-state index < -0.39 is 23.5 Å². The van der Waals surface area contributed by atoms with Crippen molar-refractivity contribution < 1.29 is 24.2 Å². The first kappa shape index (κ1) is 17.2. The van der Waals surface area contributed by atoms with Gasteiger partial charge in [0.05, 0.1) is 5.41 Å². The number of hydrogen-bond donors (Lipinski definition) is 1. The molecule has 0 fully saturated rings. The Morgan fingerprint density at radius 1 is 1.19 bits per heavy atom. The fourth-order valence-electron chi connectivity index (χ4n) is 1.91. The van der Waals surface area contributed by atoms with Gasteiger partial charge in [0, 0.05) is 17.4 Å². The second-order valence-corrected chi connectivity index (χ2v) is 5.99. The molecular formula is C15H18O5S. The minimum Gasteiger partial charge on any atom is -0.478 e. The fraction of sp³-hybridized carbons (Fsp3) is 0.400. The number of carbonyl (C=O) groups is 3. The molecule has 1 rings (SSSR count). The molecule has 0 aromatic heterocycles. The summed E-state index contributed by atoms with van der Waals surface area (Å²) in [6.07, 6.45) is 0.393. The summed E-state index contributed by atoms with van der Waals surface area (Å²) in [6, 6.07) is 6.86. The third-order valence-corrected chi connectivity index (χ3v) is 3.84. The van der Waals surface area contributed by atoms with E-state index in [2.05, 4.69) is 0 Å². The molecule has 21 heavy (non-hydrogen) atoms. The number of carboxylic acid groups (broad SMARTS) is 1. The van der Waals surface area contributed by atoms with Crippen molar-refractivity contribution in [2.24, 2.45) is 5.41 Å². The van der Waals surface area contributed by atoms with Gasteiger partial charge in [-0.2, -0.15) is 0 Å². The molecule has 0 heterocycles. The maximum absolute atomic E-state index is 12.5. The molecule has 114 valence electrons. The molecule has 5 nitrogen and oxygen atoms in total. The van der Waals surface area contributed by atoms with E-state index in [1.54, 1.807) is 36.0 Å². The van der Waals surface area contributed by atoms with Crippen LogP contribution in [-0.4, -0.2) is 35.2 Å². The molecule has 0 bridgehead atoms. The van der Waals surface area contributed by atoms with Crippen LogP contribution in [0.15, 0.2) is 29.2 Å². The number of carboxylic acids is 1. The molecule has 0 aliphatic heterocycles. The molecule has 1 unspecified atom stereocenters. The predicted molar refractivity (Wildman–Crippen MR) is 79.5 cm³/mol. The van der Waals surface area contributed by atoms with Crippen molar-refractivity contribution in [1.82, 2.24) is 0 Å². The predicted octanol–water partition coefficient (Wildman–Crippen LogP) is 2.63. The van der Waals surface area contributed by atoms with E-state index in [9.17, 15) is 19.5 Å². The van der Waals surface area contributed by atoms with E-state index in [1.165, 1.54) is 13.8 Å². The third-order valence-electron chi connectivity index (χ3n) is 3.10. The maximum Gasteiger partial charge on any atom is 0.346 e. The van der Waals surface area contributed by atoms with Crippen LogP contribution in [0.4, 0.5) is 0 Å². The summed E-state index contributed by atoms with van der Waals surface area (Å²) >= 11 is 1.54. The Labute approximate surface area is 127 Å². The van der Waals surface area contributed by atoms with Gasteiger partial charge in [0.2, 0.25) is 6.10 Å². The van der Waals surface area contributed by atoms with Crippen LogP contribution in [0.3, 0.4) is 0 Å². The topological polar surface area (TPSA) is 80.7 Å². The lowest BCUT2D eigenvalue weighted by Crippen LogP contribution is -2.45. The van der Waals surface area contributed by atoms with E-state index in [0.717, 1.165) is 11.8 Å². The van der Waals surface area contributed by atoms with Crippen molar-refractivity contribution in [2.45, 2.75) is 31.8 Å². The summed E-state index contributed by atoms with van der Waals surface area (Å²) in [5.41, 5.74) is -0.977. The van der Waals surface area contributed by atoms with Crippen molar-refractivity contribution in [2.75, 3.05) is 6.26 Å². The number of thioether (sulfide) groups is 1. The van der Waals surface area contributed by atoms with Gasteiger partial charge < -0.3 is 9.84 Å². The van der Waals surface area contributed by atoms with Crippen LogP contribution in [0.5, 0.6) is 0 Å². The van der Waals surface area contributed by atoms with E-state index in [4.69, 9.17) is 4.74 Å². The highest BCUT2D eigenvalue weighted by molar-refractivity contribution is 7.98. The molecular weight excluding hydrogens is 292 g/mol. The first-order chi connectivity index (χ1) is 9.70. The van der Waals surface area contributed by atoms with Crippen LogP contribution in [0.2, 0.25) is 0 Å². The first-order valence-electron chi connectivity index (χ1n) is 6.29. The van der Waals surface area contributed by atoms with Gasteiger partial charge in [0.15, 0.2) is 5.78 Å². The van der Waals surface area contributed by atoms with E-state index in [1.807, 2.05) is 6.26 Å². The summed E-state index contributed by atoms with van der Waals surface area (Å²) in [5.74, 6) is -2.46. The number of esters is 1. The lowest BCUT2D eigenvalue weighted by molar-refractivity contribution is -0.168. The smallest absolute Gasteiger partial charge is 0.346 e. The van der Waals surface area contributed by atoms with Crippen LogP contribution >= 0.6 is 11.8 Å². The minimum atomic E-state index is -1.53. The van der Waals surface area contributed by atoms with Gasteiger partial charge in [-0.25, -0.2) is 4.79 Å². The quantitative estimate of drug-likeness (QED) is 0.494. The third kappa shape index (κ3) is 4.07. The first-order valence-corrected chi connectivity index (χ1v) is 7.51. The van der Waals surface area contributed by atoms with Gasteiger partial charge in [0.1, 0.15) is 0 Å². The van der Waals surface area contributed by atoms with Gasteiger partial charge in [-0.15, -0.1) is 11.8 Å². The van der Waals surface area contributed by atoms with Crippen LogP contribution in [0.1, 0.15) is 31.1 Å². The Bertz CT molecular complexity index is 548. The van der Waals surface area contributed by atoms with Crippen molar-refractivity contribution >= 4 is 29.5 Å². The summed E-state index contributed by atoms with van der Waals surface area (Å²) in [6.45, 7) is 4.03. The van der Waals surface area contributed by atoms with Crippen LogP contribution in [0.25, 0.3) is 0 Å². The van der Waals surface area contributed by atoms with Crippen LogP contribution in [-0.2, 0) is 14.3 Å². The van der Waals surface area contributed by atoms with Gasteiger partial charge >= 0.3 is 11.9 Å². The molecule has 1 N–H and O–H groups in total. The number of hydrogen-bond acceptors (Lipinski definition) is 5. The largest absolute Gasteiger partial charge is 0.478 e. The van der Waals surface area contributed by atoms with Gasteiger partial charge in [-0.1, -0.05) is 12.1 Å². The summed E-state index contributed by atoms with van der Waals surface area (Å²) in [4.78, 5) is 35.9. The lowest BCUT2D eigenvalue weighted by Gasteiger charge is -2.29. The van der Waals surface area contributed by atoms with Crippen molar-refractivity contribution in [1.29, 1.82) is 0 Å². The highest BCUT2D eigenvalue weighted by Crippen LogP contribution is 2.29. The minimum absolute atomic E-state index is 0.385. The monoisotopic (exact) mass is 310 g/mol. The standard InChI is InChI=1S/C15H18O5S/c1-9(16)20-13(14(18)19)15(2,3)12(17)10-5-7-11(21-4)8-6-10/h5-8,13H,1-4H3,(H,18,19).